The molecule has 0 spiro atoms. The first kappa shape index (κ1) is 13.2. The van der Waals surface area contributed by atoms with Crippen molar-refractivity contribution in [3.8, 4) is 12.4 Å². The Bertz CT molecular complexity index is 391. The number of hydrazone groups is 1. The van der Waals surface area contributed by atoms with Crippen molar-refractivity contribution in [2.75, 3.05) is 0 Å². The van der Waals surface area contributed by atoms with E-state index in [1.165, 1.54) is 0 Å². The van der Waals surface area contributed by atoms with Gasteiger partial charge < -0.3 is 5.73 Å². The van der Waals surface area contributed by atoms with Gasteiger partial charge in [0.15, 0.2) is 0 Å². The van der Waals surface area contributed by atoms with Crippen molar-refractivity contribution in [2.24, 2.45) is 20.8 Å². The topological polar surface area (TPSA) is 147 Å². The highest BCUT2D eigenvalue weighted by atomic mass is 15.5. The van der Waals surface area contributed by atoms with Crippen molar-refractivity contribution in [1.82, 2.24) is 16.3 Å². The summed E-state index contributed by atoms with van der Waals surface area (Å²) >= 11 is 0. The number of nitrogens with zero attached hydrogens (tertiary/aromatic N) is 5. The van der Waals surface area contributed by atoms with Gasteiger partial charge >= 0.3 is 0 Å². The van der Waals surface area contributed by atoms with Gasteiger partial charge in [0.1, 0.15) is 11.7 Å². The highest BCUT2D eigenvalue weighted by Gasteiger charge is 1.92. The number of guanidine groups is 1. The zero-order valence-corrected chi connectivity index (χ0v) is 8.81. The summed E-state index contributed by atoms with van der Waals surface area (Å²) in [5.41, 5.74) is 12.8. The van der Waals surface area contributed by atoms with Crippen molar-refractivity contribution in [3.63, 3.8) is 0 Å². The number of hydrogen-bond donors (Lipinski definition) is 4. The minimum absolute atomic E-state index is 0.0000189. The van der Waals surface area contributed by atoms with Gasteiger partial charge in [-0.25, -0.2) is 0 Å². The maximum Gasteiger partial charge on any atom is 0.230 e. The van der Waals surface area contributed by atoms with Crippen LogP contribution >= 0.6 is 0 Å². The van der Waals surface area contributed by atoms with Gasteiger partial charge in [-0.15, -0.1) is 5.10 Å². The molecule has 0 rings (SSSR count). The number of hydrazine groups is 1. The lowest BCUT2D eigenvalue weighted by molar-refractivity contribution is 0.829. The lowest BCUT2D eigenvalue weighted by Gasteiger charge is -2.06. The number of amidine groups is 2. The molecule has 0 aliphatic carbocycles. The molecule has 0 heterocycles. The second-order valence-electron chi connectivity index (χ2n) is 2.45. The van der Waals surface area contributed by atoms with Crippen molar-refractivity contribution in [2.45, 2.75) is 13.8 Å². The summed E-state index contributed by atoms with van der Waals surface area (Å²) < 4.78 is 0. The summed E-state index contributed by atoms with van der Waals surface area (Å²) in [7, 11) is 0. The standard InChI is InChI=1S/C7H11N9/c1-5(11-3-8)13-15-7(10)16-14-6(2)12-4-9/h1-2H3,(H,11,13)(H,12,14)(H3,10,15,16). The van der Waals surface area contributed by atoms with Crippen molar-refractivity contribution < 1.29 is 0 Å². The quantitative estimate of drug-likeness (QED) is 0.187. The molecule has 5 N–H and O–H groups in total. The smallest absolute Gasteiger partial charge is 0.230 e. The molecule has 0 fully saturated rings. The van der Waals surface area contributed by atoms with Gasteiger partial charge in [-0.05, 0) is 13.8 Å². The van der Waals surface area contributed by atoms with Crippen LogP contribution in [0.2, 0.25) is 0 Å². The van der Waals surface area contributed by atoms with Crippen LogP contribution in [0.1, 0.15) is 13.8 Å². The third-order valence-corrected chi connectivity index (χ3v) is 1.15. The Morgan fingerprint density at radius 3 is 2.19 bits per heavy atom. The number of nitriles is 2. The van der Waals surface area contributed by atoms with Gasteiger partial charge in [0, 0.05) is 0 Å². The monoisotopic (exact) mass is 221 g/mol. The molecule has 0 aromatic carbocycles. The van der Waals surface area contributed by atoms with Crippen LogP contribution in [0.25, 0.3) is 0 Å². The zero-order valence-electron chi connectivity index (χ0n) is 8.81. The third kappa shape index (κ3) is 6.68. The first-order valence-corrected chi connectivity index (χ1v) is 4.08. The fourth-order valence-corrected chi connectivity index (χ4v) is 0.527. The number of hydrogen-bond acceptors (Lipinski definition) is 5. The van der Waals surface area contributed by atoms with E-state index in [0.717, 1.165) is 0 Å². The highest BCUT2D eigenvalue weighted by molar-refractivity contribution is 5.86. The zero-order chi connectivity index (χ0) is 12.4. The van der Waals surface area contributed by atoms with Crippen molar-refractivity contribution >= 4 is 17.6 Å². The molecular formula is C7H11N9. The normalized spacial score (nSPS) is 12.4. The van der Waals surface area contributed by atoms with E-state index in [0.29, 0.717) is 11.7 Å². The first-order valence-electron chi connectivity index (χ1n) is 4.08. The van der Waals surface area contributed by atoms with E-state index in [2.05, 4.69) is 31.4 Å². The summed E-state index contributed by atoms with van der Waals surface area (Å²) in [6.07, 6.45) is 3.17. The molecule has 9 nitrogen and oxygen atoms in total. The van der Waals surface area contributed by atoms with Gasteiger partial charge in [-0.2, -0.15) is 20.5 Å². The maximum absolute atomic E-state index is 8.21. The van der Waals surface area contributed by atoms with Gasteiger partial charge in [-0.1, -0.05) is 0 Å². The molecule has 0 aliphatic heterocycles. The Morgan fingerprint density at radius 2 is 1.62 bits per heavy atom. The third-order valence-electron chi connectivity index (χ3n) is 1.15. The number of nitrogens with two attached hydrogens (primary N) is 1. The van der Waals surface area contributed by atoms with E-state index in [4.69, 9.17) is 16.3 Å². The first-order chi connectivity index (χ1) is 7.60. The van der Waals surface area contributed by atoms with Gasteiger partial charge in [0.2, 0.25) is 18.3 Å². The molecule has 0 aromatic rings. The van der Waals surface area contributed by atoms with Crippen LogP contribution < -0.4 is 22.0 Å². The van der Waals surface area contributed by atoms with Gasteiger partial charge in [0.25, 0.3) is 0 Å². The van der Waals surface area contributed by atoms with E-state index in [1.807, 2.05) is 0 Å². The Morgan fingerprint density at radius 1 is 1.06 bits per heavy atom. The largest absolute Gasteiger partial charge is 0.367 e. The lowest BCUT2D eigenvalue weighted by Crippen LogP contribution is -2.45. The van der Waals surface area contributed by atoms with Crippen LogP contribution in [-0.2, 0) is 0 Å². The Kier molecular flexibility index (Phi) is 6.25. The van der Waals surface area contributed by atoms with E-state index < -0.39 is 0 Å². The van der Waals surface area contributed by atoms with Crippen LogP contribution in [0.15, 0.2) is 15.1 Å². The molecule has 0 atom stereocenters. The van der Waals surface area contributed by atoms with Crippen LogP contribution in [0.5, 0.6) is 0 Å². The fraction of sp³-hybridized carbons (Fsp3) is 0.286. The van der Waals surface area contributed by atoms with E-state index in [-0.39, 0.29) is 5.96 Å². The number of nitrogens with one attached hydrogen (secondary N) is 3. The molecule has 0 saturated heterocycles. The van der Waals surface area contributed by atoms with E-state index in [1.54, 1.807) is 26.2 Å². The van der Waals surface area contributed by atoms with Crippen molar-refractivity contribution in [1.29, 1.82) is 10.5 Å². The van der Waals surface area contributed by atoms with Crippen LogP contribution in [0.3, 0.4) is 0 Å². The molecule has 0 unspecified atom stereocenters. The molecule has 0 aliphatic rings. The summed E-state index contributed by atoms with van der Waals surface area (Å²) in [6, 6.07) is 0. The van der Waals surface area contributed by atoms with Crippen molar-refractivity contribution in [3.05, 3.63) is 0 Å². The summed E-state index contributed by atoms with van der Waals surface area (Å²) in [4.78, 5) is 6.73. The molecule has 0 bridgehead atoms. The molecule has 16 heavy (non-hydrogen) atoms. The lowest BCUT2D eigenvalue weighted by atomic mass is 10.7. The molecule has 9 heteroatoms. The molecule has 0 aromatic heterocycles. The molecule has 0 radical (unpaired) electrons. The average molecular weight is 221 g/mol. The van der Waals surface area contributed by atoms with E-state index >= 15 is 0 Å². The second-order valence-corrected chi connectivity index (χ2v) is 2.45. The maximum atomic E-state index is 8.21. The fourth-order valence-electron chi connectivity index (χ4n) is 0.527. The van der Waals surface area contributed by atoms with Crippen LogP contribution in [0, 0.1) is 22.9 Å². The summed E-state index contributed by atoms with van der Waals surface area (Å²) in [5.74, 6) is 0.637. The Balaban J connectivity index is 4.09. The SMILES string of the molecule is CC(=NC#N)N/N=C(\N)NNC(C)=NC#N. The van der Waals surface area contributed by atoms with Gasteiger partial charge in [-0.3, -0.25) is 16.3 Å². The summed E-state index contributed by atoms with van der Waals surface area (Å²) in [6.45, 7) is 3.12. The second kappa shape index (κ2) is 7.58. The van der Waals surface area contributed by atoms with Crippen LogP contribution in [-0.4, -0.2) is 17.6 Å². The van der Waals surface area contributed by atoms with Crippen LogP contribution in [0.4, 0.5) is 0 Å². The molecule has 0 amide bonds. The highest BCUT2D eigenvalue weighted by Crippen LogP contribution is 1.70. The average Bonchev–Trinajstić information content (AvgIpc) is 2.24. The minimum atomic E-state index is -0.0000189. The summed E-state index contributed by atoms with van der Waals surface area (Å²) in [5, 5.41) is 20.0. The number of rotatable bonds is 1. The van der Waals surface area contributed by atoms with Gasteiger partial charge in [0.05, 0.1) is 0 Å². The molecule has 0 saturated carbocycles. The number of aliphatic imine (C=N–C) groups is 2. The minimum Gasteiger partial charge on any atom is -0.367 e. The Labute approximate surface area is 92.3 Å². The molecule has 84 valence electrons. The van der Waals surface area contributed by atoms with E-state index in [9.17, 15) is 0 Å². The Hall–Kier alpha value is -2.81. The predicted octanol–water partition coefficient (Wildman–Crippen LogP) is -1.30. The predicted molar refractivity (Wildman–Crippen MR) is 58.5 cm³/mol. The molecular weight excluding hydrogens is 210 g/mol.